The van der Waals surface area contributed by atoms with Gasteiger partial charge >= 0.3 is 0 Å². The Bertz CT molecular complexity index is 1690. The Balaban J connectivity index is 1.04. The van der Waals surface area contributed by atoms with E-state index in [1.807, 2.05) is 84.9 Å². The fourth-order valence-electron chi connectivity index (χ4n) is 5.96. The molecule has 232 valence electrons. The van der Waals surface area contributed by atoms with Crippen LogP contribution in [0.3, 0.4) is 0 Å². The third-order valence-electron chi connectivity index (χ3n) is 8.75. The Kier molecular flexibility index (Phi) is 10.3. The second-order valence-corrected chi connectivity index (χ2v) is 12.1. The van der Waals surface area contributed by atoms with E-state index in [2.05, 4.69) is 70.5 Å². The van der Waals surface area contributed by atoms with Gasteiger partial charge in [-0.2, -0.15) is 0 Å². The van der Waals surface area contributed by atoms with Gasteiger partial charge in [-0.25, -0.2) is 0 Å². The lowest BCUT2D eigenvalue weighted by Crippen LogP contribution is -2.46. The number of benzene rings is 5. The van der Waals surface area contributed by atoms with Gasteiger partial charge in [-0.1, -0.05) is 127 Å². The minimum atomic E-state index is -0.622. The molecule has 1 aliphatic carbocycles. The molecule has 5 nitrogen and oxygen atoms in total. The second-order valence-electron chi connectivity index (χ2n) is 12.1. The summed E-state index contributed by atoms with van der Waals surface area (Å²) >= 11 is 0. The normalized spacial score (nSPS) is 15.9. The van der Waals surface area contributed by atoms with Crippen molar-refractivity contribution in [1.29, 1.82) is 0 Å². The molecule has 3 N–H and O–H groups in total. The summed E-state index contributed by atoms with van der Waals surface area (Å²) in [7, 11) is 0. The zero-order valence-corrected chi connectivity index (χ0v) is 26.1. The van der Waals surface area contributed by atoms with E-state index in [9.17, 15) is 9.59 Å². The number of carbonyl (C=O) groups excluding carboxylic acids is 2. The van der Waals surface area contributed by atoms with E-state index in [-0.39, 0.29) is 11.8 Å². The molecule has 1 aliphatic rings. The quantitative estimate of drug-likeness (QED) is 0.113. The van der Waals surface area contributed by atoms with Gasteiger partial charge in [-0.15, -0.1) is 0 Å². The van der Waals surface area contributed by atoms with Gasteiger partial charge < -0.3 is 16.0 Å². The standard InChI is InChI=1S/C41H41N3O2/c45-40(36-25-23-34(24-26-36)32-14-6-2-7-15-32)44-38(18-10-11-27-42-39-28-37(39)35-16-8-3-9-17-35)41(46)43-29-30-19-21-33(22-20-30)31-12-4-1-5-13-31/h1-9,12-17,19-26,37-39,42H,10-11,18,27-29H2,(H,43,46)(H,44,45)/t37-,38?,39+/m0/s1. The molecule has 0 heterocycles. The maximum Gasteiger partial charge on any atom is 0.251 e. The molecule has 0 saturated heterocycles. The van der Waals surface area contributed by atoms with Crippen molar-refractivity contribution >= 4 is 11.8 Å². The van der Waals surface area contributed by atoms with Gasteiger partial charge in [-0.05, 0) is 77.7 Å². The highest BCUT2D eigenvalue weighted by atomic mass is 16.2. The molecule has 5 heteroatoms. The first kappa shape index (κ1) is 31.0. The van der Waals surface area contributed by atoms with Crippen LogP contribution < -0.4 is 16.0 Å². The number of hydrogen-bond donors (Lipinski definition) is 3. The van der Waals surface area contributed by atoms with Gasteiger partial charge in [0, 0.05) is 24.1 Å². The first-order chi connectivity index (χ1) is 22.6. The Hall–Kier alpha value is -5.00. The van der Waals surface area contributed by atoms with Crippen molar-refractivity contribution < 1.29 is 9.59 Å². The van der Waals surface area contributed by atoms with Gasteiger partial charge in [-0.3, -0.25) is 9.59 Å². The molecule has 5 aromatic carbocycles. The van der Waals surface area contributed by atoms with E-state index in [0.29, 0.717) is 30.5 Å². The van der Waals surface area contributed by atoms with Crippen molar-refractivity contribution in [2.45, 2.75) is 50.2 Å². The first-order valence-corrected chi connectivity index (χ1v) is 16.3. The van der Waals surface area contributed by atoms with Gasteiger partial charge in [0.2, 0.25) is 5.91 Å². The molecule has 0 bridgehead atoms. The highest BCUT2D eigenvalue weighted by Crippen LogP contribution is 2.40. The summed E-state index contributed by atoms with van der Waals surface area (Å²) in [6.07, 6.45) is 3.50. The predicted molar refractivity (Wildman–Crippen MR) is 186 cm³/mol. The van der Waals surface area contributed by atoms with Crippen molar-refractivity contribution in [1.82, 2.24) is 16.0 Å². The summed E-state index contributed by atoms with van der Waals surface area (Å²) in [5.74, 6) is 0.184. The number of hydrogen-bond acceptors (Lipinski definition) is 3. The van der Waals surface area contributed by atoms with Crippen LogP contribution in [0.5, 0.6) is 0 Å². The average Bonchev–Trinajstić information content (AvgIpc) is 3.91. The van der Waals surface area contributed by atoms with E-state index < -0.39 is 6.04 Å². The van der Waals surface area contributed by atoms with Crippen molar-refractivity contribution in [3.05, 3.63) is 156 Å². The Morgan fingerprint density at radius 1 is 0.630 bits per heavy atom. The van der Waals surface area contributed by atoms with Gasteiger partial charge in [0.15, 0.2) is 0 Å². The molecule has 2 amide bonds. The van der Waals surface area contributed by atoms with Crippen LogP contribution in [0.15, 0.2) is 140 Å². The molecule has 46 heavy (non-hydrogen) atoms. The molecule has 5 aromatic rings. The van der Waals surface area contributed by atoms with Crippen LogP contribution in [0.4, 0.5) is 0 Å². The minimum Gasteiger partial charge on any atom is -0.350 e. The zero-order valence-electron chi connectivity index (χ0n) is 26.1. The largest absolute Gasteiger partial charge is 0.350 e. The molecule has 0 aliphatic heterocycles. The van der Waals surface area contributed by atoms with Crippen LogP contribution in [0.25, 0.3) is 22.3 Å². The third-order valence-corrected chi connectivity index (χ3v) is 8.75. The van der Waals surface area contributed by atoms with Crippen LogP contribution >= 0.6 is 0 Å². The fourth-order valence-corrected chi connectivity index (χ4v) is 5.96. The number of unbranched alkanes of at least 4 members (excludes halogenated alkanes) is 1. The van der Waals surface area contributed by atoms with E-state index >= 15 is 0 Å². The van der Waals surface area contributed by atoms with Gasteiger partial charge in [0.05, 0.1) is 0 Å². The Morgan fingerprint density at radius 3 is 1.78 bits per heavy atom. The van der Waals surface area contributed by atoms with E-state index in [4.69, 9.17) is 0 Å². The number of rotatable bonds is 14. The maximum atomic E-state index is 13.5. The van der Waals surface area contributed by atoms with Crippen LogP contribution in [0, 0.1) is 0 Å². The maximum absolute atomic E-state index is 13.5. The molecule has 1 unspecified atom stereocenters. The Morgan fingerprint density at radius 2 is 1.17 bits per heavy atom. The van der Waals surface area contributed by atoms with Crippen LogP contribution in [0.2, 0.25) is 0 Å². The summed E-state index contributed by atoms with van der Waals surface area (Å²) in [5, 5.41) is 9.77. The summed E-state index contributed by atoms with van der Waals surface area (Å²) < 4.78 is 0. The highest BCUT2D eigenvalue weighted by Gasteiger charge is 2.37. The van der Waals surface area contributed by atoms with Crippen molar-refractivity contribution in [2.75, 3.05) is 6.54 Å². The van der Waals surface area contributed by atoms with Crippen LogP contribution in [-0.4, -0.2) is 30.4 Å². The Labute approximate surface area is 272 Å². The molecular weight excluding hydrogens is 566 g/mol. The number of nitrogens with one attached hydrogen (secondary N) is 3. The lowest BCUT2D eigenvalue weighted by atomic mass is 10.0. The van der Waals surface area contributed by atoms with Crippen molar-refractivity contribution in [2.24, 2.45) is 0 Å². The molecular formula is C41H41N3O2. The summed E-state index contributed by atoms with van der Waals surface area (Å²) in [6.45, 7) is 1.29. The first-order valence-electron chi connectivity index (χ1n) is 16.3. The van der Waals surface area contributed by atoms with Crippen LogP contribution in [0.1, 0.15) is 53.1 Å². The minimum absolute atomic E-state index is 0.166. The number of carbonyl (C=O) groups is 2. The molecule has 0 aromatic heterocycles. The molecule has 6 rings (SSSR count). The summed E-state index contributed by atoms with van der Waals surface area (Å²) in [5.41, 5.74) is 7.37. The zero-order chi connectivity index (χ0) is 31.6. The van der Waals surface area contributed by atoms with Gasteiger partial charge in [0.25, 0.3) is 5.91 Å². The lowest BCUT2D eigenvalue weighted by Gasteiger charge is -2.19. The monoisotopic (exact) mass is 607 g/mol. The third kappa shape index (κ3) is 8.38. The fraction of sp³-hybridized carbons (Fsp3) is 0.220. The smallest absolute Gasteiger partial charge is 0.251 e. The van der Waals surface area contributed by atoms with E-state index in [0.717, 1.165) is 47.2 Å². The predicted octanol–water partition coefficient (Wildman–Crippen LogP) is 7.75. The molecule has 1 saturated carbocycles. The number of amides is 2. The van der Waals surface area contributed by atoms with Crippen molar-refractivity contribution in [3.63, 3.8) is 0 Å². The SMILES string of the molecule is O=C(NC(CCCCN[C@@H]1C[C@H]1c1ccccc1)C(=O)NCc1ccc(-c2ccccc2)cc1)c1ccc(-c2ccccc2)cc1. The highest BCUT2D eigenvalue weighted by molar-refractivity contribution is 5.97. The van der Waals surface area contributed by atoms with E-state index in [1.165, 1.54) is 12.0 Å². The van der Waals surface area contributed by atoms with Crippen LogP contribution in [-0.2, 0) is 11.3 Å². The molecule has 0 spiro atoms. The second kappa shape index (κ2) is 15.3. The molecule has 0 radical (unpaired) electrons. The average molecular weight is 608 g/mol. The lowest BCUT2D eigenvalue weighted by molar-refractivity contribution is -0.123. The molecule has 1 fully saturated rings. The van der Waals surface area contributed by atoms with E-state index in [1.54, 1.807) is 0 Å². The topological polar surface area (TPSA) is 70.2 Å². The van der Waals surface area contributed by atoms with Crippen molar-refractivity contribution in [3.8, 4) is 22.3 Å². The summed E-state index contributed by atoms with van der Waals surface area (Å²) in [4.78, 5) is 26.8. The van der Waals surface area contributed by atoms with Gasteiger partial charge in [0.1, 0.15) is 6.04 Å². The molecule has 3 atom stereocenters. The summed E-state index contributed by atoms with van der Waals surface area (Å²) in [6, 6.07) is 46.6.